The molecule has 0 bridgehead atoms. The van der Waals surface area contributed by atoms with Gasteiger partial charge in [0.1, 0.15) is 0 Å². The van der Waals surface area contributed by atoms with Crippen LogP contribution in [0.4, 0.5) is 10.5 Å². The molecule has 4 rings (SSSR count). The number of anilines is 1. The fourth-order valence-corrected chi connectivity index (χ4v) is 5.09. The Hall–Kier alpha value is -1.55. The summed E-state index contributed by atoms with van der Waals surface area (Å²) >= 11 is 0. The lowest BCUT2D eigenvalue weighted by molar-refractivity contribution is 0.0169. The minimum Gasteiger partial charge on any atom is -0.374 e. The van der Waals surface area contributed by atoms with Crippen LogP contribution in [0.1, 0.15) is 69.8 Å². The van der Waals surface area contributed by atoms with Crippen LogP contribution in [0.3, 0.4) is 0 Å². The van der Waals surface area contributed by atoms with Crippen molar-refractivity contribution < 1.29 is 9.53 Å². The van der Waals surface area contributed by atoms with Crippen molar-refractivity contribution in [1.82, 2.24) is 4.90 Å². The molecule has 142 valence electrons. The highest BCUT2D eigenvalue weighted by molar-refractivity contribution is 5.89. The number of fused-ring (bicyclic) bond motifs is 1. The molecule has 0 aromatic heterocycles. The fourth-order valence-electron chi connectivity index (χ4n) is 5.09. The number of urea groups is 1. The predicted molar refractivity (Wildman–Crippen MR) is 104 cm³/mol. The SMILES string of the molecule is O=C(Nc1cccc(COC2CCCCC2)c1)N1CCC[C@@H]2CCC[C@@H]21. The quantitative estimate of drug-likeness (QED) is 0.792. The van der Waals surface area contributed by atoms with Gasteiger partial charge < -0.3 is 15.0 Å². The van der Waals surface area contributed by atoms with Gasteiger partial charge in [0.05, 0.1) is 12.7 Å². The first kappa shape index (κ1) is 17.8. The molecular weight excluding hydrogens is 324 g/mol. The topological polar surface area (TPSA) is 41.6 Å². The van der Waals surface area contributed by atoms with Gasteiger partial charge in [-0.1, -0.05) is 37.8 Å². The second-order valence-electron chi connectivity index (χ2n) is 8.30. The average Bonchev–Trinajstić information content (AvgIpc) is 3.16. The van der Waals surface area contributed by atoms with E-state index in [1.165, 1.54) is 57.8 Å². The number of nitrogens with zero attached hydrogens (tertiary/aromatic N) is 1. The van der Waals surface area contributed by atoms with E-state index in [9.17, 15) is 4.79 Å². The number of carbonyl (C=O) groups is 1. The molecule has 1 aromatic carbocycles. The van der Waals surface area contributed by atoms with Gasteiger partial charge in [-0.15, -0.1) is 0 Å². The van der Waals surface area contributed by atoms with Crippen LogP contribution in [-0.4, -0.2) is 29.6 Å². The zero-order valence-corrected chi connectivity index (χ0v) is 15.8. The van der Waals surface area contributed by atoms with Gasteiger partial charge in [-0.3, -0.25) is 0 Å². The lowest BCUT2D eigenvalue weighted by Crippen LogP contribution is -2.48. The lowest BCUT2D eigenvalue weighted by atomic mass is 9.92. The predicted octanol–water partition coefficient (Wildman–Crippen LogP) is 5.33. The Balaban J connectivity index is 1.33. The Kier molecular flexibility index (Phi) is 5.78. The molecule has 1 saturated heterocycles. The van der Waals surface area contributed by atoms with Crippen LogP contribution >= 0.6 is 0 Å². The maximum absolute atomic E-state index is 12.8. The maximum Gasteiger partial charge on any atom is 0.322 e. The summed E-state index contributed by atoms with van der Waals surface area (Å²) < 4.78 is 6.08. The van der Waals surface area contributed by atoms with Crippen molar-refractivity contribution in [2.45, 2.75) is 83.0 Å². The van der Waals surface area contributed by atoms with E-state index in [-0.39, 0.29) is 6.03 Å². The van der Waals surface area contributed by atoms with Gasteiger partial charge in [0.15, 0.2) is 0 Å². The molecule has 0 spiro atoms. The molecule has 0 radical (unpaired) electrons. The van der Waals surface area contributed by atoms with Gasteiger partial charge in [-0.25, -0.2) is 4.79 Å². The number of likely N-dealkylation sites (tertiary alicyclic amines) is 1. The van der Waals surface area contributed by atoms with Crippen LogP contribution in [0.2, 0.25) is 0 Å². The second kappa shape index (κ2) is 8.43. The van der Waals surface area contributed by atoms with Gasteiger partial charge in [0.25, 0.3) is 0 Å². The highest BCUT2D eigenvalue weighted by Gasteiger charge is 2.37. The molecule has 1 heterocycles. The van der Waals surface area contributed by atoms with Crippen molar-refractivity contribution in [3.8, 4) is 0 Å². The molecular formula is C22H32N2O2. The van der Waals surface area contributed by atoms with Crippen LogP contribution in [-0.2, 0) is 11.3 Å². The molecule has 4 nitrogen and oxygen atoms in total. The summed E-state index contributed by atoms with van der Waals surface area (Å²) in [6.45, 7) is 1.54. The van der Waals surface area contributed by atoms with Crippen molar-refractivity contribution in [2.24, 2.45) is 5.92 Å². The summed E-state index contributed by atoms with van der Waals surface area (Å²) in [5, 5.41) is 3.13. The summed E-state index contributed by atoms with van der Waals surface area (Å²) in [6.07, 6.45) is 12.9. The van der Waals surface area contributed by atoms with E-state index in [0.717, 1.165) is 30.1 Å². The van der Waals surface area contributed by atoms with Crippen molar-refractivity contribution >= 4 is 11.7 Å². The van der Waals surface area contributed by atoms with Crippen LogP contribution in [0.5, 0.6) is 0 Å². The van der Waals surface area contributed by atoms with Crippen LogP contribution in [0.25, 0.3) is 0 Å². The van der Waals surface area contributed by atoms with E-state index in [2.05, 4.69) is 22.3 Å². The summed E-state index contributed by atoms with van der Waals surface area (Å²) in [7, 11) is 0. The Bertz CT molecular complexity index is 612. The van der Waals surface area contributed by atoms with Gasteiger partial charge in [-0.2, -0.15) is 0 Å². The monoisotopic (exact) mass is 356 g/mol. The van der Waals surface area contributed by atoms with Crippen molar-refractivity contribution in [2.75, 3.05) is 11.9 Å². The van der Waals surface area contributed by atoms with Gasteiger partial charge in [0, 0.05) is 18.3 Å². The second-order valence-corrected chi connectivity index (χ2v) is 8.30. The highest BCUT2D eigenvalue weighted by atomic mass is 16.5. The highest BCUT2D eigenvalue weighted by Crippen LogP contribution is 2.37. The number of rotatable bonds is 4. The fraction of sp³-hybridized carbons (Fsp3) is 0.682. The minimum atomic E-state index is 0.0759. The molecule has 0 unspecified atom stereocenters. The number of nitrogens with one attached hydrogen (secondary N) is 1. The third-order valence-corrected chi connectivity index (χ3v) is 6.47. The Morgan fingerprint density at radius 3 is 2.77 bits per heavy atom. The molecule has 1 aliphatic heterocycles. The first-order valence-electron chi connectivity index (χ1n) is 10.6. The molecule has 2 atom stereocenters. The maximum atomic E-state index is 12.8. The Morgan fingerprint density at radius 1 is 1.04 bits per heavy atom. The molecule has 2 aliphatic carbocycles. The molecule has 2 saturated carbocycles. The molecule has 26 heavy (non-hydrogen) atoms. The smallest absolute Gasteiger partial charge is 0.322 e. The number of amides is 2. The summed E-state index contributed by atoms with van der Waals surface area (Å²) in [5.41, 5.74) is 2.03. The third-order valence-electron chi connectivity index (χ3n) is 6.47. The molecule has 3 aliphatic rings. The third kappa shape index (κ3) is 4.22. The van der Waals surface area contributed by atoms with Crippen LogP contribution in [0, 0.1) is 5.92 Å². The van der Waals surface area contributed by atoms with Gasteiger partial charge in [0.2, 0.25) is 0 Å². The molecule has 1 aromatic rings. The number of hydrogen-bond donors (Lipinski definition) is 1. The van der Waals surface area contributed by atoms with Crippen LogP contribution < -0.4 is 5.32 Å². The van der Waals surface area contributed by atoms with Crippen LogP contribution in [0.15, 0.2) is 24.3 Å². The van der Waals surface area contributed by atoms with E-state index in [4.69, 9.17) is 4.74 Å². The van der Waals surface area contributed by atoms with E-state index in [1.54, 1.807) is 0 Å². The largest absolute Gasteiger partial charge is 0.374 e. The first-order valence-corrected chi connectivity index (χ1v) is 10.6. The first-order chi connectivity index (χ1) is 12.8. The van der Waals surface area contributed by atoms with E-state index in [1.807, 2.05) is 12.1 Å². The summed E-state index contributed by atoms with van der Waals surface area (Å²) in [6, 6.07) is 8.69. The van der Waals surface area contributed by atoms with E-state index < -0.39 is 0 Å². The zero-order valence-electron chi connectivity index (χ0n) is 15.8. The Labute approximate surface area is 157 Å². The molecule has 2 amide bonds. The number of piperidine rings is 1. The lowest BCUT2D eigenvalue weighted by Gasteiger charge is -2.37. The number of ether oxygens (including phenoxy) is 1. The van der Waals surface area contributed by atoms with Gasteiger partial charge in [-0.05, 0) is 62.1 Å². The standard InChI is InChI=1S/C22H32N2O2/c25-22(24-14-6-9-18-8-5-13-21(18)24)23-19-10-4-7-17(15-19)16-26-20-11-2-1-3-12-20/h4,7,10,15,18,20-21H,1-3,5-6,8-9,11-14,16H2,(H,23,25)/t18-,21-/m0/s1. The number of hydrogen-bond acceptors (Lipinski definition) is 2. The number of carbonyl (C=O) groups excluding carboxylic acids is 1. The molecule has 3 fully saturated rings. The van der Waals surface area contributed by atoms with E-state index >= 15 is 0 Å². The van der Waals surface area contributed by atoms with E-state index in [0.29, 0.717) is 18.8 Å². The molecule has 4 heteroatoms. The summed E-state index contributed by atoms with van der Waals surface area (Å²) in [5.74, 6) is 0.727. The normalized spacial score (nSPS) is 26.5. The van der Waals surface area contributed by atoms with Crippen molar-refractivity contribution in [3.63, 3.8) is 0 Å². The summed E-state index contributed by atoms with van der Waals surface area (Å²) in [4.78, 5) is 14.9. The number of benzene rings is 1. The van der Waals surface area contributed by atoms with Crippen molar-refractivity contribution in [3.05, 3.63) is 29.8 Å². The van der Waals surface area contributed by atoms with Gasteiger partial charge >= 0.3 is 6.03 Å². The minimum absolute atomic E-state index is 0.0759. The Morgan fingerprint density at radius 2 is 1.88 bits per heavy atom. The average molecular weight is 357 g/mol. The molecule has 1 N–H and O–H groups in total. The van der Waals surface area contributed by atoms with Crippen molar-refractivity contribution in [1.29, 1.82) is 0 Å². The zero-order chi connectivity index (χ0) is 17.8.